The van der Waals surface area contributed by atoms with Gasteiger partial charge in [-0.25, -0.2) is 9.97 Å². The van der Waals surface area contributed by atoms with Gasteiger partial charge >= 0.3 is 0 Å². The summed E-state index contributed by atoms with van der Waals surface area (Å²) in [6.07, 6.45) is 9.11. The smallest absolute Gasteiger partial charge is 0.154 e. The number of hydrogen-bond donors (Lipinski definition) is 0. The second-order valence-electron chi connectivity index (χ2n) is 7.51. The van der Waals surface area contributed by atoms with Crippen LogP contribution in [0.2, 0.25) is 10.0 Å². The fourth-order valence-corrected chi connectivity index (χ4v) is 5.51. The maximum Gasteiger partial charge on any atom is 0.154 e. The highest BCUT2D eigenvalue weighted by Gasteiger charge is 2.38. The Bertz CT molecular complexity index is 1010. The third-order valence-corrected chi connectivity index (χ3v) is 7.84. The molecule has 0 amide bonds. The lowest BCUT2D eigenvalue weighted by Crippen LogP contribution is -2.41. The summed E-state index contributed by atoms with van der Waals surface area (Å²) in [4.78, 5) is 12.5. The molecule has 0 radical (unpaired) electrons. The van der Waals surface area contributed by atoms with Gasteiger partial charge in [0.15, 0.2) is 5.82 Å². The SMILES string of the molecule is Clc1cccc(Sc2cnc(N3CCC4(CCOC4)CC3)c3cncn23)c1Cl. The molecule has 1 spiro atoms. The highest BCUT2D eigenvalue weighted by atomic mass is 35.5. The minimum atomic E-state index is 0.381. The topological polar surface area (TPSA) is 42.7 Å². The molecule has 2 fully saturated rings. The summed E-state index contributed by atoms with van der Waals surface area (Å²) in [7, 11) is 0. The zero-order chi connectivity index (χ0) is 19.1. The largest absolute Gasteiger partial charge is 0.381 e. The lowest BCUT2D eigenvalue weighted by Gasteiger charge is -2.39. The van der Waals surface area contributed by atoms with Crippen molar-refractivity contribution in [3.8, 4) is 0 Å². The van der Waals surface area contributed by atoms with Gasteiger partial charge in [-0.2, -0.15) is 0 Å². The first-order valence-electron chi connectivity index (χ1n) is 9.41. The van der Waals surface area contributed by atoms with Gasteiger partial charge in [0.25, 0.3) is 0 Å². The van der Waals surface area contributed by atoms with E-state index in [2.05, 4.69) is 14.3 Å². The molecule has 4 heterocycles. The molecule has 2 aliphatic heterocycles. The van der Waals surface area contributed by atoms with E-state index in [1.807, 2.05) is 30.9 Å². The summed E-state index contributed by atoms with van der Waals surface area (Å²) in [6, 6.07) is 5.66. The summed E-state index contributed by atoms with van der Waals surface area (Å²) < 4.78 is 7.73. The fraction of sp³-hybridized carbons (Fsp3) is 0.400. The van der Waals surface area contributed by atoms with Crippen molar-refractivity contribution >= 4 is 46.3 Å². The number of fused-ring (bicyclic) bond motifs is 1. The van der Waals surface area contributed by atoms with Gasteiger partial charge in [-0.15, -0.1) is 0 Å². The van der Waals surface area contributed by atoms with E-state index in [1.54, 1.807) is 17.8 Å². The zero-order valence-electron chi connectivity index (χ0n) is 15.3. The van der Waals surface area contributed by atoms with Crippen molar-refractivity contribution < 1.29 is 4.74 Å². The Morgan fingerprint density at radius 3 is 2.75 bits per heavy atom. The van der Waals surface area contributed by atoms with E-state index in [9.17, 15) is 0 Å². The van der Waals surface area contributed by atoms with Crippen molar-refractivity contribution in [1.29, 1.82) is 0 Å². The predicted molar refractivity (Wildman–Crippen MR) is 113 cm³/mol. The van der Waals surface area contributed by atoms with Gasteiger partial charge in [0.05, 0.1) is 29.0 Å². The first kappa shape index (κ1) is 18.6. The molecule has 8 heteroatoms. The van der Waals surface area contributed by atoms with Gasteiger partial charge in [0.2, 0.25) is 0 Å². The van der Waals surface area contributed by atoms with E-state index in [0.717, 1.165) is 60.4 Å². The number of benzene rings is 1. The van der Waals surface area contributed by atoms with E-state index in [-0.39, 0.29) is 0 Å². The van der Waals surface area contributed by atoms with Crippen LogP contribution in [0.5, 0.6) is 0 Å². The Balaban J connectivity index is 1.43. The van der Waals surface area contributed by atoms with Crippen LogP contribution in [0.1, 0.15) is 19.3 Å². The molecule has 146 valence electrons. The molecule has 0 aliphatic carbocycles. The summed E-state index contributed by atoms with van der Waals surface area (Å²) >= 11 is 14.1. The van der Waals surface area contributed by atoms with Crippen molar-refractivity contribution in [2.45, 2.75) is 29.2 Å². The summed E-state index contributed by atoms with van der Waals surface area (Å²) in [5.41, 5.74) is 1.40. The monoisotopic (exact) mass is 434 g/mol. The number of rotatable bonds is 3. The molecule has 5 nitrogen and oxygen atoms in total. The van der Waals surface area contributed by atoms with Crippen LogP contribution in [0, 0.1) is 5.41 Å². The molecule has 5 rings (SSSR count). The van der Waals surface area contributed by atoms with Gasteiger partial charge in [-0.05, 0) is 36.8 Å². The lowest BCUT2D eigenvalue weighted by atomic mass is 9.78. The number of imidazole rings is 1. The number of hydrogen-bond acceptors (Lipinski definition) is 5. The molecule has 0 bridgehead atoms. The zero-order valence-corrected chi connectivity index (χ0v) is 17.6. The van der Waals surface area contributed by atoms with Gasteiger partial charge in [0.1, 0.15) is 16.9 Å². The summed E-state index contributed by atoms with van der Waals surface area (Å²) in [5, 5.41) is 2.07. The van der Waals surface area contributed by atoms with Gasteiger partial charge in [-0.3, -0.25) is 4.40 Å². The van der Waals surface area contributed by atoms with Crippen molar-refractivity contribution in [2.24, 2.45) is 5.41 Å². The third-order valence-electron chi connectivity index (χ3n) is 5.84. The molecule has 0 unspecified atom stereocenters. The summed E-state index contributed by atoms with van der Waals surface area (Å²) in [5.74, 6) is 0.993. The molecule has 0 N–H and O–H groups in total. The van der Waals surface area contributed by atoms with Crippen LogP contribution in [-0.2, 0) is 4.74 Å². The third kappa shape index (κ3) is 3.26. The van der Waals surface area contributed by atoms with Crippen LogP contribution in [0.25, 0.3) is 5.52 Å². The minimum Gasteiger partial charge on any atom is -0.381 e. The maximum atomic E-state index is 6.36. The highest BCUT2D eigenvalue weighted by molar-refractivity contribution is 7.99. The molecule has 2 saturated heterocycles. The van der Waals surface area contributed by atoms with Gasteiger partial charge in [0, 0.05) is 24.6 Å². The Morgan fingerprint density at radius 2 is 1.96 bits per heavy atom. The normalized spacial score (nSPS) is 19.0. The quantitative estimate of drug-likeness (QED) is 0.566. The minimum absolute atomic E-state index is 0.381. The Kier molecular flexibility index (Phi) is 4.91. The Hall–Kier alpha value is -1.47. The van der Waals surface area contributed by atoms with Crippen molar-refractivity contribution in [3.63, 3.8) is 0 Å². The number of piperidine rings is 1. The standard InChI is InChI=1S/C20H20Cl2N4OS/c21-14-2-1-3-16(18(14)22)28-17-11-24-19(15-10-23-13-26(15)17)25-7-4-20(5-8-25)6-9-27-12-20/h1-3,10-11,13H,4-9,12H2. The Morgan fingerprint density at radius 1 is 1.11 bits per heavy atom. The average molecular weight is 435 g/mol. The van der Waals surface area contributed by atoms with E-state index in [1.165, 1.54) is 6.42 Å². The molecule has 1 aromatic carbocycles. The van der Waals surface area contributed by atoms with Gasteiger partial charge < -0.3 is 9.64 Å². The average Bonchev–Trinajstić information content (AvgIpc) is 3.37. The molecular weight excluding hydrogens is 415 g/mol. The second-order valence-corrected chi connectivity index (χ2v) is 9.36. The Labute approximate surface area is 178 Å². The second kappa shape index (κ2) is 7.41. The molecule has 28 heavy (non-hydrogen) atoms. The van der Waals surface area contributed by atoms with E-state index < -0.39 is 0 Å². The number of halogens is 2. The molecule has 2 aliphatic rings. The first-order chi connectivity index (χ1) is 13.7. The highest BCUT2D eigenvalue weighted by Crippen LogP contribution is 2.41. The van der Waals surface area contributed by atoms with Crippen molar-refractivity contribution in [1.82, 2.24) is 14.4 Å². The number of aromatic nitrogens is 3. The van der Waals surface area contributed by atoms with E-state index in [0.29, 0.717) is 15.5 Å². The van der Waals surface area contributed by atoms with Crippen LogP contribution >= 0.6 is 35.0 Å². The van der Waals surface area contributed by atoms with E-state index in [4.69, 9.17) is 32.9 Å². The first-order valence-corrected chi connectivity index (χ1v) is 11.0. The van der Waals surface area contributed by atoms with Crippen LogP contribution in [0.4, 0.5) is 5.82 Å². The van der Waals surface area contributed by atoms with Gasteiger partial charge in [-0.1, -0.05) is 41.0 Å². The number of nitrogens with zero attached hydrogens (tertiary/aromatic N) is 4. The molecule has 0 saturated carbocycles. The molecule has 2 aromatic heterocycles. The lowest BCUT2D eigenvalue weighted by molar-refractivity contribution is 0.133. The summed E-state index contributed by atoms with van der Waals surface area (Å²) in [6.45, 7) is 3.82. The molecular formula is C20H20Cl2N4OS. The van der Waals surface area contributed by atoms with Crippen molar-refractivity contribution in [3.05, 3.63) is 47.0 Å². The maximum absolute atomic E-state index is 6.36. The molecule has 0 atom stereocenters. The number of ether oxygens (including phenoxy) is 1. The van der Waals surface area contributed by atoms with E-state index >= 15 is 0 Å². The molecule has 3 aromatic rings. The predicted octanol–water partition coefficient (Wildman–Crippen LogP) is 5.19. The fourth-order valence-electron chi connectivity index (χ4n) is 4.11. The number of anilines is 1. The van der Waals surface area contributed by atoms with Crippen LogP contribution < -0.4 is 4.90 Å². The van der Waals surface area contributed by atoms with Crippen LogP contribution in [0.15, 0.2) is 46.8 Å². The van der Waals surface area contributed by atoms with Crippen LogP contribution in [-0.4, -0.2) is 40.7 Å². The van der Waals surface area contributed by atoms with Crippen LogP contribution in [0.3, 0.4) is 0 Å². The van der Waals surface area contributed by atoms with Crippen molar-refractivity contribution in [2.75, 3.05) is 31.2 Å².